The van der Waals surface area contributed by atoms with Gasteiger partial charge in [-0.25, -0.2) is 37.4 Å². The molecule has 0 saturated carbocycles. The van der Waals surface area contributed by atoms with Gasteiger partial charge in [0, 0.05) is 35.3 Å². The fourth-order valence-electron chi connectivity index (χ4n) is 3.65. The van der Waals surface area contributed by atoms with E-state index in [4.69, 9.17) is 24.6 Å². The number of nitrogens with zero attached hydrogens (tertiary/aromatic N) is 2. The van der Waals surface area contributed by atoms with E-state index in [9.17, 15) is 22.8 Å². The van der Waals surface area contributed by atoms with Crippen molar-refractivity contribution in [2.24, 2.45) is 0 Å². The number of hydrogen-bond donors (Lipinski definition) is 3. The quantitative estimate of drug-likeness (QED) is 0.0728. The van der Waals surface area contributed by atoms with Gasteiger partial charge in [-0.1, -0.05) is 0 Å². The molecule has 1 atom stereocenters. The molecular weight excluding hydrogens is 782 g/mol. The molecule has 21 heteroatoms. The van der Waals surface area contributed by atoms with Crippen molar-refractivity contribution in [3.63, 3.8) is 0 Å². The van der Waals surface area contributed by atoms with E-state index >= 15 is 0 Å². The molecule has 4 heterocycles. The second kappa shape index (κ2) is 25.9. The number of methoxy groups -OCH3 is 2. The van der Waals surface area contributed by atoms with Gasteiger partial charge in [-0.2, -0.15) is 0 Å². The first kappa shape index (κ1) is 48.1. The molecule has 0 aliphatic carbocycles. The molecule has 51 heavy (non-hydrogen) atoms. The predicted octanol–water partition coefficient (Wildman–Crippen LogP) is 0.839. The molecule has 0 bridgehead atoms. The van der Waals surface area contributed by atoms with Crippen LogP contribution < -0.4 is 66.3 Å². The van der Waals surface area contributed by atoms with Crippen molar-refractivity contribution in [1.82, 2.24) is 19.9 Å². The molecular formula is C30H23F3K3N4O10P. The minimum atomic E-state index is -3.15. The topological polar surface area (TPSA) is 212 Å². The minimum absolute atomic E-state index is 0. The van der Waals surface area contributed by atoms with Gasteiger partial charge in [0.1, 0.15) is 51.6 Å². The van der Waals surface area contributed by atoms with Crippen LogP contribution in [0.3, 0.4) is 0 Å². The molecule has 3 N–H and O–H groups in total. The maximum absolute atomic E-state index is 13.4. The molecule has 4 aromatic heterocycles. The number of ether oxygens (including phenoxy) is 3. The Morgan fingerprint density at radius 3 is 1.82 bits per heavy atom. The van der Waals surface area contributed by atoms with Crippen molar-refractivity contribution in [2.45, 2.75) is 0 Å². The second-order valence-corrected chi connectivity index (χ2v) is 9.44. The number of hydrogen-bond acceptors (Lipinski definition) is 12. The first-order valence-corrected chi connectivity index (χ1v) is 31.1. The summed E-state index contributed by atoms with van der Waals surface area (Å²) in [5.41, 5.74) is 1.40. The maximum atomic E-state index is 13.4. The molecule has 0 aliphatic rings. The summed E-state index contributed by atoms with van der Waals surface area (Å²) in [5, 5.41) is 19.3. The number of benzene rings is 2. The Balaban J connectivity index is 0.000000370. The molecule has 6 aromatic rings. The van der Waals surface area contributed by atoms with E-state index < -0.39 is 37.6 Å². The number of esters is 2. The second-order valence-electron chi connectivity index (χ2n) is 8.84. The summed E-state index contributed by atoms with van der Waals surface area (Å²) in [6, 6.07) is 13.4. The van der Waals surface area contributed by atoms with Crippen LogP contribution in [0.15, 0.2) is 85.5 Å². The summed E-state index contributed by atoms with van der Waals surface area (Å²) in [6.45, 7) is 0. The number of nitrogens with one attached hydrogen (secondary N) is 2. The molecule has 14 nitrogen and oxygen atoms in total. The third-order valence-electron chi connectivity index (χ3n) is 5.73. The van der Waals surface area contributed by atoms with Gasteiger partial charge in [-0.05, 0) is 53.1 Å². The molecule has 0 amide bonds. The number of aromatic amines is 2. The summed E-state index contributed by atoms with van der Waals surface area (Å²) in [5.74, 6) is -2.87. The molecule has 0 radical (unpaired) electrons. The number of aromatic hydroxyl groups is 1. The zero-order chi connectivity index (χ0) is 37.2. The van der Waals surface area contributed by atoms with E-state index in [0.717, 1.165) is 47.4 Å². The number of halogens is 3. The summed E-state index contributed by atoms with van der Waals surface area (Å²) in [4.78, 5) is 45.3. The molecule has 0 aliphatic heterocycles. The van der Waals surface area contributed by atoms with E-state index in [1.54, 1.807) is 24.5 Å². The summed E-state index contributed by atoms with van der Waals surface area (Å²) >= 11 is 2.50. The molecule has 252 valence electrons. The van der Waals surface area contributed by atoms with Gasteiger partial charge in [-0.3, -0.25) is 0 Å². The van der Waals surface area contributed by atoms with Gasteiger partial charge in [-0.15, -0.1) is 0 Å². The third-order valence-corrected chi connectivity index (χ3v) is 5.86. The number of carbonyl (C=O) groups excluding carboxylic acids is 2. The van der Waals surface area contributed by atoms with Crippen molar-refractivity contribution in [3.8, 4) is 17.2 Å². The van der Waals surface area contributed by atoms with Crippen molar-refractivity contribution < 1.29 is 113 Å². The molecule has 0 fully saturated rings. The molecule has 0 saturated heterocycles. The van der Waals surface area contributed by atoms with E-state index in [-0.39, 0.29) is 74.0 Å². The van der Waals surface area contributed by atoms with E-state index in [0.29, 0.717) is 11.8 Å². The Kier molecular flexibility index (Phi) is 24.5. The van der Waals surface area contributed by atoms with Crippen LogP contribution in [0, 0.1) is 17.5 Å². The molecule has 2 aromatic carbocycles. The van der Waals surface area contributed by atoms with Crippen LogP contribution >= 0.6 is 8.25 Å². The monoisotopic (exact) mass is 804 g/mol. The van der Waals surface area contributed by atoms with Crippen LogP contribution in [-0.2, 0) is 18.7 Å². The average Bonchev–Trinajstić information content (AvgIpc) is 3.78. The Morgan fingerprint density at radius 1 is 0.804 bits per heavy atom. The van der Waals surface area contributed by atoms with Gasteiger partial charge in [0.2, 0.25) is 0 Å². The van der Waals surface area contributed by atoms with Crippen LogP contribution in [0.1, 0.15) is 20.7 Å². The normalized spacial score (nSPS) is 9.90. The Morgan fingerprint density at radius 2 is 1.29 bits per heavy atom. The van der Waals surface area contributed by atoms with Gasteiger partial charge in [0.25, 0.3) is 0 Å². The summed E-state index contributed by atoms with van der Waals surface area (Å²) in [7, 11) is -0.771. The number of rotatable bonds is 5. The Labute approximate surface area is 376 Å². The van der Waals surface area contributed by atoms with Crippen molar-refractivity contribution in [1.29, 1.82) is 0 Å². The summed E-state index contributed by atoms with van der Waals surface area (Å²) < 4.78 is 64.2. The van der Waals surface area contributed by atoms with Gasteiger partial charge in [0.15, 0.2) is 0 Å². The van der Waals surface area contributed by atoms with E-state index in [2.05, 4.69) is 34.1 Å². The average molecular weight is 805 g/mol. The first-order valence-electron chi connectivity index (χ1n) is 14.0. The number of H-pyrrole nitrogens is 2. The van der Waals surface area contributed by atoms with Crippen molar-refractivity contribution in [2.75, 3.05) is 14.2 Å². The number of fused-ring (bicyclic) bond motifs is 2. The van der Waals surface area contributed by atoms with Crippen LogP contribution in [0.2, 0.25) is 0 Å². The standard InChI is InChI=1S/C15H11FN2O3.C8H6F2O2.C7H6N2O.3K.HO4P/c1-20-15(19)12-3-2-10(16)7-13(12)21-11-6-9-4-5-17-14(9)18-8-11;1-12-8(11)6-3-2-5(9)4-7(6)10;10-6-3-5-1-2-8-7(5)9-4-6;;;;1-4-5(2)3/h2-8H,1H3,(H,17,18);2-4H,1H3;1-4,10H,(H,8,9);;;;1H/q;;;;;+1;/p-1. The van der Waals surface area contributed by atoms with Gasteiger partial charge < -0.3 is 39.4 Å². The fourth-order valence-corrected chi connectivity index (χ4v) is 3.65. The zero-order valence-corrected chi connectivity index (χ0v) is 37.9. The zero-order valence-electron chi connectivity index (χ0n) is 27.7. The van der Waals surface area contributed by atoms with Gasteiger partial charge in [0.05, 0.1) is 32.2 Å². The van der Waals surface area contributed by atoms with E-state index in [1.807, 2.05) is 12.1 Å². The van der Waals surface area contributed by atoms with Gasteiger partial charge >= 0.3 is 135 Å². The summed E-state index contributed by atoms with van der Waals surface area (Å²) in [6.07, 6.45) is 6.45. The van der Waals surface area contributed by atoms with Crippen LogP contribution in [0.5, 0.6) is 17.2 Å². The van der Waals surface area contributed by atoms with Crippen molar-refractivity contribution >= 4 is 105 Å². The molecule has 1 unspecified atom stereocenters. The third kappa shape index (κ3) is 16.5. The van der Waals surface area contributed by atoms with Crippen LogP contribution in [0.25, 0.3) is 22.1 Å². The number of carbonyl (C=O) groups is 2. The van der Waals surface area contributed by atoms with Crippen molar-refractivity contribution in [3.05, 3.63) is 114 Å². The Bertz CT molecular complexity index is 2040. The fraction of sp³-hybridized carbons (Fsp3) is 0.0667. The van der Waals surface area contributed by atoms with Crippen LogP contribution in [0.4, 0.5) is 13.2 Å². The van der Waals surface area contributed by atoms with E-state index in [1.165, 1.54) is 94.8 Å². The number of aromatic nitrogens is 4. The van der Waals surface area contributed by atoms with Crippen LogP contribution in [-0.4, -0.2) is 114 Å². The first-order chi connectivity index (χ1) is 23.9. The SMILES string of the molecule is COC(=O)c1ccc(F)cc1F.COC(=O)c1ccc(F)cc1Oc1cnc2[nH]ccc2c1.O=[P+]([O-])O[O-].Oc1cnc2[nH]ccc2c1.[K+].[K][K]. The predicted molar refractivity (Wildman–Crippen MR) is 170 cm³/mol. The Hall–Kier alpha value is -0.961. The molecule has 0 spiro atoms. The molecule has 6 rings (SSSR count). The number of pyridine rings is 2.